The van der Waals surface area contributed by atoms with Gasteiger partial charge in [0.15, 0.2) is 0 Å². The van der Waals surface area contributed by atoms with Gasteiger partial charge in [-0.15, -0.1) is 0 Å². The Bertz CT molecular complexity index is 522. The second-order valence-corrected chi connectivity index (χ2v) is 7.05. The largest absolute Gasteiger partial charge is 0.496 e. The third-order valence-electron chi connectivity index (χ3n) is 4.79. The van der Waals surface area contributed by atoms with Crippen molar-refractivity contribution < 1.29 is 9.53 Å². The first-order valence-electron chi connectivity index (χ1n) is 8.59. The quantitative estimate of drug-likeness (QED) is 0.906. The van der Waals surface area contributed by atoms with Crippen LogP contribution in [0.15, 0.2) is 24.3 Å². The van der Waals surface area contributed by atoms with E-state index in [9.17, 15) is 4.79 Å². The zero-order chi connectivity index (χ0) is 17.0. The van der Waals surface area contributed by atoms with E-state index in [0.29, 0.717) is 11.8 Å². The lowest BCUT2D eigenvalue weighted by atomic mass is 9.91. The molecule has 4 nitrogen and oxygen atoms in total. The van der Waals surface area contributed by atoms with Crippen molar-refractivity contribution in [1.29, 1.82) is 0 Å². The Morgan fingerprint density at radius 3 is 2.43 bits per heavy atom. The molecule has 1 aromatic carbocycles. The minimum Gasteiger partial charge on any atom is -0.496 e. The summed E-state index contributed by atoms with van der Waals surface area (Å²) in [7, 11) is 1.66. The van der Waals surface area contributed by atoms with Gasteiger partial charge in [0.1, 0.15) is 5.75 Å². The maximum atomic E-state index is 12.6. The summed E-state index contributed by atoms with van der Waals surface area (Å²) in [6, 6.07) is 7.67. The van der Waals surface area contributed by atoms with Crippen molar-refractivity contribution in [2.75, 3.05) is 20.2 Å². The van der Waals surface area contributed by atoms with Gasteiger partial charge in [-0.25, -0.2) is 0 Å². The lowest BCUT2D eigenvalue weighted by Gasteiger charge is -2.38. The Hall–Kier alpha value is -1.55. The Labute approximate surface area is 140 Å². The van der Waals surface area contributed by atoms with Crippen molar-refractivity contribution in [2.24, 2.45) is 11.8 Å². The van der Waals surface area contributed by atoms with Crippen LogP contribution >= 0.6 is 0 Å². The van der Waals surface area contributed by atoms with Gasteiger partial charge in [-0.3, -0.25) is 9.69 Å². The summed E-state index contributed by atoms with van der Waals surface area (Å²) < 4.78 is 5.39. The SMILES string of the molecule is COc1ccccc1C(C)NC(=O)C(C)N1CC(C)CC(C)C1. The molecule has 0 saturated carbocycles. The number of methoxy groups -OCH3 is 1. The van der Waals surface area contributed by atoms with Gasteiger partial charge in [0, 0.05) is 18.7 Å². The van der Waals surface area contributed by atoms with Crippen LogP contribution in [-0.2, 0) is 4.79 Å². The first-order valence-corrected chi connectivity index (χ1v) is 8.59. The molecule has 4 atom stereocenters. The Balaban J connectivity index is 2.00. The molecular formula is C19H30N2O2. The number of benzene rings is 1. The molecule has 1 aliphatic heterocycles. The normalized spacial score (nSPS) is 24.7. The molecule has 0 spiro atoms. The summed E-state index contributed by atoms with van der Waals surface area (Å²) >= 11 is 0. The number of piperidine rings is 1. The maximum absolute atomic E-state index is 12.6. The van der Waals surface area contributed by atoms with Crippen molar-refractivity contribution in [2.45, 2.75) is 46.2 Å². The highest BCUT2D eigenvalue weighted by molar-refractivity contribution is 5.81. The Morgan fingerprint density at radius 1 is 1.22 bits per heavy atom. The number of hydrogen-bond donors (Lipinski definition) is 1. The number of likely N-dealkylation sites (tertiary alicyclic amines) is 1. The van der Waals surface area contributed by atoms with Gasteiger partial charge in [-0.2, -0.15) is 0 Å². The highest BCUT2D eigenvalue weighted by atomic mass is 16.5. The predicted molar refractivity (Wildman–Crippen MR) is 93.5 cm³/mol. The number of carbonyl (C=O) groups is 1. The smallest absolute Gasteiger partial charge is 0.237 e. The van der Waals surface area contributed by atoms with E-state index in [1.54, 1.807) is 7.11 Å². The second kappa shape index (κ2) is 7.82. The second-order valence-electron chi connectivity index (χ2n) is 7.05. The van der Waals surface area contributed by atoms with Crippen LogP contribution in [0.3, 0.4) is 0 Å². The highest BCUT2D eigenvalue weighted by Crippen LogP contribution is 2.25. The van der Waals surface area contributed by atoms with E-state index in [2.05, 4.69) is 24.1 Å². The van der Waals surface area contributed by atoms with Gasteiger partial charge in [-0.1, -0.05) is 32.0 Å². The molecule has 0 bridgehead atoms. The highest BCUT2D eigenvalue weighted by Gasteiger charge is 2.29. The molecular weight excluding hydrogens is 288 g/mol. The standard InChI is InChI=1S/C19H30N2O2/c1-13-10-14(2)12-21(11-13)16(4)19(22)20-15(3)17-8-6-7-9-18(17)23-5/h6-9,13-16H,10-12H2,1-5H3,(H,20,22). The van der Waals surface area contributed by atoms with Crippen LogP contribution in [0.25, 0.3) is 0 Å². The van der Waals surface area contributed by atoms with Crippen molar-refractivity contribution >= 4 is 5.91 Å². The van der Waals surface area contributed by atoms with Gasteiger partial charge >= 0.3 is 0 Å². The molecule has 1 aromatic rings. The molecule has 1 N–H and O–H groups in total. The Morgan fingerprint density at radius 2 is 1.83 bits per heavy atom. The molecule has 128 valence electrons. The van der Waals surface area contributed by atoms with Gasteiger partial charge in [0.05, 0.1) is 19.2 Å². The Kier molecular flexibility index (Phi) is 6.05. The molecule has 0 aliphatic carbocycles. The lowest BCUT2D eigenvalue weighted by molar-refractivity contribution is -0.127. The van der Waals surface area contributed by atoms with E-state index in [1.807, 2.05) is 38.1 Å². The first kappa shape index (κ1) is 17.8. The van der Waals surface area contributed by atoms with Gasteiger partial charge < -0.3 is 10.1 Å². The lowest BCUT2D eigenvalue weighted by Crippen LogP contribution is -2.50. The van der Waals surface area contributed by atoms with Crippen LogP contribution in [0.4, 0.5) is 0 Å². The third kappa shape index (κ3) is 4.47. The fourth-order valence-electron chi connectivity index (χ4n) is 3.63. The number of carbonyl (C=O) groups excluding carboxylic acids is 1. The van der Waals surface area contributed by atoms with Crippen LogP contribution in [0.5, 0.6) is 5.75 Å². The van der Waals surface area contributed by atoms with Crippen molar-refractivity contribution in [3.05, 3.63) is 29.8 Å². The average molecular weight is 318 g/mol. The zero-order valence-corrected chi connectivity index (χ0v) is 15.0. The van der Waals surface area contributed by atoms with Crippen LogP contribution in [0.2, 0.25) is 0 Å². The number of rotatable bonds is 5. The van der Waals surface area contributed by atoms with E-state index in [1.165, 1.54) is 6.42 Å². The van der Waals surface area contributed by atoms with Crippen LogP contribution in [-0.4, -0.2) is 37.0 Å². The molecule has 2 rings (SSSR count). The van der Waals surface area contributed by atoms with Gasteiger partial charge in [-0.05, 0) is 38.2 Å². The number of para-hydroxylation sites is 1. The molecule has 1 saturated heterocycles. The predicted octanol–water partition coefficient (Wildman–Crippen LogP) is 3.24. The van der Waals surface area contributed by atoms with Crippen LogP contribution in [0, 0.1) is 11.8 Å². The van der Waals surface area contributed by atoms with E-state index in [-0.39, 0.29) is 18.0 Å². The number of ether oxygens (including phenoxy) is 1. The molecule has 1 aliphatic rings. The maximum Gasteiger partial charge on any atom is 0.237 e. The minimum atomic E-state index is -0.0997. The number of nitrogens with one attached hydrogen (secondary N) is 1. The fourth-order valence-corrected chi connectivity index (χ4v) is 3.63. The van der Waals surface area contributed by atoms with E-state index in [0.717, 1.165) is 24.4 Å². The van der Waals surface area contributed by atoms with Crippen molar-refractivity contribution in [1.82, 2.24) is 10.2 Å². The topological polar surface area (TPSA) is 41.6 Å². The van der Waals surface area contributed by atoms with E-state index < -0.39 is 0 Å². The first-order chi connectivity index (χ1) is 10.9. The van der Waals surface area contributed by atoms with Crippen LogP contribution in [0.1, 0.15) is 45.7 Å². The summed E-state index contributed by atoms with van der Waals surface area (Å²) in [5.74, 6) is 2.21. The summed E-state index contributed by atoms with van der Waals surface area (Å²) in [5, 5.41) is 3.14. The fraction of sp³-hybridized carbons (Fsp3) is 0.632. The van der Waals surface area contributed by atoms with Crippen molar-refractivity contribution in [3.8, 4) is 5.75 Å². The molecule has 1 amide bonds. The minimum absolute atomic E-state index is 0.0688. The summed E-state index contributed by atoms with van der Waals surface area (Å²) in [6.45, 7) is 10.6. The molecule has 23 heavy (non-hydrogen) atoms. The molecule has 1 heterocycles. The van der Waals surface area contributed by atoms with Crippen molar-refractivity contribution in [3.63, 3.8) is 0 Å². The molecule has 0 aromatic heterocycles. The van der Waals surface area contributed by atoms with Crippen LogP contribution < -0.4 is 10.1 Å². The molecule has 1 fully saturated rings. The van der Waals surface area contributed by atoms with E-state index in [4.69, 9.17) is 4.74 Å². The summed E-state index contributed by atoms with van der Waals surface area (Å²) in [5.41, 5.74) is 1.01. The molecule has 4 heteroatoms. The summed E-state index contributed by atoms with van der Waals surface area (Å²) in [4.78, 5) is 15.0. The van der Waals surface area contributed by atoms with E-state index >= 15 is 0 Å². The van der Waals surface area contributed by atoms with Gasteiger partial charge in [0.25, 0.3) is 0 Å². The zero-order valence-electron chi connectivity index (χ0n) is 15.0. The average Bonchev–Trinajstić information content (AvgIpc) is 2.52. The number of amides is 1. The van der Waals surface area contributed by atoms with Gasteiger partial charge in [0.2, 0.25) is 5.91 Å². The monoisotopic (exact) mass is 318 g/mol. The molecule has 0 radical (unpaired) electrons. The number of nitrogens with zero attached hydrogens (tertiary/aromatic N) is 1. The number of hydrogen-bond acceptors (Lipinski definition) is 3. The third-order valence-corrected chi connectivity index (χ3v) is 4.79. The summed E-state index contributed by atoms with van der Waals surface area (Å²) in [6.07, 6.45) is 1.25. The molecule has 4 unspecified atom stereocenters.